The minimum atomic E-state index is -0.497. The third kappa shape index (κ3) is 1.99. The van der Waals surface area contributed by atoms with Crippen molar-refractivity contribution in [1.29, 1.82) is 0 Å². The molecule has 0 unspecified atom stereocenters. The summed E-state index contributed by atoms with van der Waals surface area (Å²) < 4.78 is 0. The number of carbonyl (C=O) groups excluding carboxylic acids is 2. The molecule has 6 heteroatoms. The van der Waals surface area contributed by atoms with Crippen LogP contribution in [0, 0.1) is 0 Å². The second kappa shape index (κ2) is 3.98. The Morgan fingerprint density at radius 1 is 1.53 bits per heavy atom. The molecule has 0 aromatic carbocycles. The maximum absolute atomic E-state index is 11.6. The van der Waals surface area contributed by atoms with Crippen LogP contribution in [0.3, 0.4) is 0 Å². The fourth-order valence-corrected chi connectivity index (χ4v) is 2.32. The van der Waals surface area contributed by atoms with E-state index in [0.29, 0.717) is 23.0 Å². The Balaban J connectivity index is 2.20. The zero-order valence-corrected chi connectivity index (χ0v) is 8.92. The molecule has 0 spiro atoms. The van der Waals surface area contributed by atoms with Crippen molar-refractivity contribution >= 4 is 28.3 Å². The summed E-state index contributed by atoms with van der Waals surface area (Å²) in [6.45, 7) is 0.685. The minimum absolute atomic E-state index is 0.0756. The van der Waals surface area contributed by atoms with Gasteiger partial charge < -0.3 is 5.73 Å². The fraction of sp³-hybridized carbons (Fsp3) is 0.444. The molecule has 1 fully saturated rings. The highest BCUT2D eigenvalue weighted by Gasteiger charge is 2.22. The van der Waals surface area contributed by atoms with Crippen LogP contribution >= 0.6 is 11.3 Å². The van der Waals surface area contributed by atoms with Gasteiger partial charge in [0.2, 0.25) is 5.91 Å². The first-order valence-electron chi connectivity index (χ1n) is 4.74. The SMILES string of the molecule is NC(=O)c1cnc(N2CCCCC2=O)s1. The van der Waals surface area contributed by atoms with Crippen LogP contribution in [0.25, 0.3) is 0 Å². The average molecular weight is 225 g/mol. The van der Waals surface area contributed by atoms with Gasteiger partial charge in [0, 0.05) is 13.0 Å². The Kier molecular flexibility index (Phi) is 2.68. The van der Waals surface area contributed by atoms with Gasteiger partial charge in [0.25, 0.3) is 5.91 Å². The quantitative estimate of drug-likeness (QED) is 0.807. The lowest BCUT2D eigenvalue weighted by Crippen LogP contribution is -2.35. The maximum Gasteiger partial charge on any atom is 0.260 e. The number of amides is 2. The number of carbonyl (C=O) groups is 2. The summed E-state index contributed by atoms with van der Waals surface area (Å²) in [5, 5.41) is 0.577. The third-order valence-electron chi connectivity index (χ3n) is 2.29. The number of aromatic nitrogens is 1. The second-order valence-corrected chi connectivity index (χ2v) is 4.38. The van der Waals surface area contributed by atoms with Crippen LogP contribution in [-0.2, 0) is 4.79 Å². The number of nitrogens with zero attached hydrogens (tertiary/aromatic N) is 2. The lowest BCUT2D eigenvalue weighted by Gasteiger charge is -2.23. The van der Waals surface area contributed by atoms with E-state index in [1.54, 1.807) is 4.90 Å². The van der Waals surface area contributed by atoms with E-state index in [9.17, 15) is 9.59 Å². The van der Waals surface area contributed by atoms with Gasteiger partial charge in [-0.1, -0.05) is 11.3 Å². The highest BCUT2D eigenvalue weighted by Crippen LogP contribution is 2.25. The number of hydrogen-bond donors (Lipinski definition) is 1. The highest BCUT2D eigenvalue weighted by atomic mass is 32.1. The van der Waals surface area contributed by atoms with E-state index in [2.05, 4.69) is 4.98 Å². The molecule has 1 saturated heterocycles. The molecule has 80 valence electrons. The van der Waals surface area contributed by atoms with Crippen molar-refractivity contribution in [1.82, 2.24) is 4.98 Å². The highest BCUT2D eigenvalue weighted by molar-refractivity contribution is 7.17. The molecule has 5 nitrogen and oxygen atoms in total. The van der Waals surface area contributed by atoms with Gasteiger partial charge in [-0.05, 0) is 12.8 Å². The maximum atomic E-state index is 11.6. The first kappa shape index (κ1) is 10.1. The van der Waals surface area contributed by atoms with E-state index in [1.807, 2.05) is 0 Å². The summed E-state index contributed by atoms with van der Waals surface area (Å²) in [5.41, 5.74) is 5.12. The molecule has 1 aliphatic heterocycles. The normalized spacial score (nSPS) is 16.8. The monoisotopic (exact) mass is 225 g/mol. The van der Waals surface area contributed by atoms with Crippen LogP contribution < -0.4 is 10.6 Å². The average Bonchev–Trinajstić information content (AvgIpc) is 2.67. The van der Waals surface area contributed by atoms with E-state index in [-0.39, 0.29) is 5.91 Å². The van der Waals surface area contributed by atoms with Crippen LogP contribution in [0.5, 0.6) is 0 Å². The molecule has 1 aliphatic rings. The molecule has 0 atom stereocenters. The number of thiazole rings is 1. The number of rotatable bonds is 2. The zero-order valence-electron chi connectivity index (χ0n) is 8.10. The second-order valence-electron chi connectivity index (χ2n) is 3.37. The Labute approximate surface area is 90.9 Å². The van der Waals surface area contributed by atoms with E-state index in [0.717, 1.165) is 12.8 Å². The summed E-state index contributed by atoms with van der Waals surface area (Å²) in [6, 6.07) is 0. The molecule has 2 amide bonds. The van der Waals surface area contributed by atoms with Gasteiger partial charge in [-0.3, -0.25) is 14.5 Å². The number of anilines is 1. The smallest absolute Gasteiger partial charge is 0.260 e. The Bertz CT molecular complexity index is 402. The lowest BCUT2D eigenvalue weighted by atomic mass is 10.1. The topological polar surface area (TPSA) is 76.3 Å². The molecule has 0 saturated carbocycles. The molecule has 0 bridgehead atoms. The standard InChI is InChI=1S/C9H11N3O2S/c10-8(14)6-5-11-9(15-6)12-4-2-1-3-7(12)13/h5H,1-4H2,(H2,10,14). The Hall–Kier alpha value is -1.43. The zero-order chi connectivity index (χ0) is 10.8. The summed E-state index contributed by atoms with van der Waals surface area (Å²) in [5.74, 6) is -0.421. The molecule has 0 radical (unpaired) electrons. The third-order valence-corrected chi connectivity index (χ3v) is 3.33. The van der Waals surface area contributed by atoms with Crippen LogP contribution in [0.4, 0.5) is 5.13 Å². The molecule has 1 aromatic heterocycles. The summed E-state index contributed by atoms with van der Waals surface area (Å²) in [7, 11) is 0. The lowest BCUT2D eigenvalue weighted by molar-refractivity contribution is -0.119. The largest absolute Gasteiger partial charge is 0.365 e. The number of primary amides is 1. The number of hydrogen-bond acceptors (Lipinski definition) is 4. The van der Waals surface area contributed by atoms with E-state index in [1.165, 1.54) is 17.5 Å². The number of piperidine rings is 1. The van der Waals surface area contributed by atoms with Crippen molar-refractivity contribution in [3.8, 4) is 0 Å². The minimum Gasteiger partial charge on any atom is -0.365 e. The van der Waals surface area contributed by atoms with Gasteiger partial charge >= 0.3 is 0 Å². The summed E-state index contributed by atoms with van der Waals surface area (Å²) in [4.78, 5) is 28.5. The summed E-state index contributed by atoms with van der Waals surface area (Å²) in [6.07, 6.45) is 3.90. The van der Waals surface area contributed by atoms with Crippen LogP contribution in [-0.4, -0.2) is 23.3 Å². The van der Waals surface area contributed by atoms with Crippen molar-refractivity contribution in [2.24, 2.45) is 5.73 Å². The first-order valence-corrected chi connectivity index (χ1v) is 5.56. The summed E-state index contributed by atoms with van der Waals surface area (Å²) >= 11 is 1.17. The molecule has 2 N–H and O–H groups in total. The van der Waals surface area contributed by atoms with Gasteiger partial charge in [0.1, 0.15) is 4.88 Å². The van der Waals surface area contributed by atoms with Gasteiger partial charge in [-0.2, -0.15) is 0 Å². The Morgan fingerprint density at radius 3 is 2.93 bits per heavy atom. The molecule has 1 aromatic rings. The van der Waals surface area contributed by atoms with E-state index < -0.39 is 5.91 Å². The first-order chi connectivity index (χ1) is 7.18. The van der Waals surface area contributed by atoms with Gasteiger partial charge in [0.15, 0.2) is 5.13 Å². The Morgan fingerprint density at radius 2 is 2.33 bits per heavy atom. The van der Waals surface area contributed by atoms with Crippen molar-refractivity contribution in [3.63, 3.8) is 0 Å². The van der Waals surface area contributed by atoms with E-state index in [4.69, 9.17) is 5.73 Å². The van der Waals surface area contributed by atoms with Crippen molar-refractivity contribution in [2.45, 2.75) is 19.3 Å². The van der Waals surface area contributed by atoms with Crippen molar-refractivity contribution < 1.29 is 9.59 Å². The molecular formula is C9H11N3O2S. The molecule has 0 aliphatic carbocycles. The molecule has 15 heavy (non-hydrogen) atoms. The van der Waals surface area contributed by atoms with Crippen LogP contribution in [0.2, 0.25) is 0 Å². The van der Waals surface area contributed by atoms with Crippen LogP contribution in [0.15, 0.2) is 6.20 Å². The number of nitrogens with two attached hydrogens (primary N) is 1. The van der Waals surface area contributed by atoms with Crippen molar-refractivity contribution in [2.75, 3.05) is 11.4 Å². The predicted molar refractivity (Wildman–Crippen MR) is 56.8 cm³/mol. The predicted octanol–water partition coefficient (Wildman–Crippen LogP) is 0.759. The van der Waals surface area contributed by atoms with Crippen molar-refractivity contribution in [3.05, 3.63) is 11.1 Å². The molecular weight excluding hydrogens is 214 g/mol. The van der Waals surface area contributed by atoms with Gasteiger partial charge in [-0.15, -0.1) is 0 Å². The van der Waals surface area contributed by atoms with Crippen LogP contribution in [0.1, 0.15) is 28.9 Å². The molecule has 2 heterocycles. The van der Waals surface area contributed by atoms with Gasteiger partial charge in [-0.25, -0.2) is 4.98 Å². The van der Waals surface area contributed by atoms with Gasteiger partial charge in [0.05, 0.1) is 6.20 Å². The fourth-order valence-electron chi connectivity index (χ4n) is 1.51. The molecule has 2 rings (SSSR count). The van der Waals surface area contributed by atoms with E-state index >= 15 is 0 Å².